The number of nitrogens with one attached hydrogen (secondary N) is 1. The number of benzene rings is 2. The van der Waals surface area contributed by atoms with Crippen molar-refractivity contribution < 1.29 is 14.6 Å². The number of hydrogen-bond donors (Lipinski definition) is 2. The third-order valence-electron chi connectivity index (χ3n) is 5.54. The highest BCUT2D eigenvalue weighted by Crippen LogP contribution is 2.34. The molecule has 1 amide bonds. The highest BCUT2D eigenvalue weighted by atomic mass is 16.5. The van der Waals surface area contributed by atoms with E-state index in [1.165, 1.54) is 5.56 Å². The molecule has 3 rings (SSSR count). The maximum Gasteiger partial charge on any atom is 0.262 e. The number of β-amino-alcohol motifs (C(OH)–C–C–N with tert-alkyl or cyclic N) is 1. The van der Waals surface area contributed by atoms with E-state index in [1.807, 2.05) is 54.6 Å². The Morgan fingerprint density at radius 2 is 1.83 bits per heavy atom. The van der Waals surface area contributed by atoms with E-state index in [9.17, 15) is 9.90 Å². The van der Waals surface area contributed by atoms with Gasteiger partial charge in [0.05, 0.1) is 6.10 Å². The standard InChI is InChI=1S/C24H32N2O3/c1-24(2,3)21-13-14-26(16-22(21)27)15-18-9-11-20(12-10-18)29-17-23(28)25-19-7-5-4-6-8-19/h4-12,21-22,27H,13-17H2,1-3H3,(H,25,28)/t21-,22-/m0/s1. The van der Waals surface area contributed by atoms with Crippen LogP contribution in [0.15, 0.2) is 54.6 Å². The molecule has 0 spiro atoms. The van der Waals surface area contributed by atoms with Crippen LogP contribution in [0.25, 0.3) is 0 Å². The van der Waals surface area contributed by atoms with Crippen LogP contribution in [0.1, 0.15) is 32.8 Å². The smallest absolute Gasteiger partial charge is 0.262 e. The van der Waals surface area contributed by atoms with E-state index in [0.717, 1.165) is 25.2 Å². The summed E-state index contributed by atoms with van der Waals surface area (Å²) in [4.78, 5) is 14.3. The molecule has 29 heavy (non-hydrogen) atoms. The number of nitrogens with zero attached hydrogens (tertiary/aromatic N) is 1. The lowest BCUT2D eigenvalue weighted by atomic mass is 9.73. The van der Waals surface area contributed by atoms with Gasteiger partial charge in [-0.15, -0.1) is 0 Å². The number of anilines is 1. The first kappa shape index (κ1) is 21.3. The molecule has 1 heterocycles. The van der Waals surface area contributed by atoms with Crippen LogP contribution in [-0.2, 0) is 11.3 Å². The lowest BCUT2D eigenvalue weighted by Crippen LogP contribution is -2.47. The Bertz CT molecular complexity index is 784. The predicted octanol–water partition coefficient (Wildman–Crippen LogP) is 3.93. The lowest BCUT2D eigenvalue weighted by Gasteiger charge is -2.42. The molecule has 1 aliphatic rings. The van der Waals surface area contributed by atoms with Gasteiger partial charge in [0.25, 0.3) is 5.91 Å². The second-order valence-corrected chi connectivity index (χ2v) is 8.91. The normalized spacial score (nSPS) is 20.3. The van der Waals surface area contributed by atoms with Gasteiger partial charge in [-0.1, -0.05) is 51.1 Å². The van der Waals surface area contributed by atoms with Crippen molar-refractivity contribution in [3.63, 3.8) is 0 Å². The first-order valence-corrected chi connectivity index (χ1v) is 10.3. The number of hydrogen-bond acceptors (Lipinski definition) is 4. The summed E-state index contributed by atoms with van der Waals surface area (Å²) in [6.07, 6.45) is 0.733. The van der Waals surface area contributed by atoms with Crippen molar-refractivity contribution in [2.45, 2.75) is 39.8 Å². The second kappa shape index (κ2) is 9.42. The molecule has 1 aliphatic heterocycles. The van der Waals surface area contributed by atoms with Gasteiger partial charge in [-0.3, -0.25) is 9.69 Å². The number of para-hydroxylation sites is 1. The molecule has 1 saturated heterocycles. The van der Waals surface area contributed by atoms with Gasteiger partial charge in [0.2, 0.25) is 0 Å². The highest BCUT2D eigenvalue weighted by Gasteiger charge is 2.35. The monoisotopic (exact) mass is 396 g/mol. The average molecular weight is 397 g/mol. The topological polar surface area (TPSA) is 61.8 Å². The molecule has 5 nitrogen and oxygen atoms in total. The minimum absolute atomic E-state index is 0.0270. The van der Waals surface area contributed by atoms with Crippen LogP contribution in [0, 0.1) is 11.3 Å². The summed E-state index contributed by atoms with van der Waals surface area (Å²) < 4.78 is 5.59. The minimum Gasteiger partial charge on any atom is -0.484 e. The molecular weight excluding hydrogens is 364 g/mol. The zero-order valence-electron chi connectivity index (χ0n) is 17.6. The Hall–Kier alpha value is -2.37. The molecule has 0 saturated carbocycles. The predicted molar refractivity (Wildman–Crippen MR) is 116 cm³/mol. The van der Waals surface area contributed by atoms with Crippen molar-refractivity contribution in [2.75, 3.05) is 25.0 Å². The largest absolute Gasteiger partial charge is 0.484 e. The summed E-state index contributed by atoms with van der Waals surface area (Å²) in [6.45, 7) is 9.10. The zero-order chi connectivity index (χ0) is 20.9. The van der Waals surface area contributed by atoms with Crippen LogP contribution in [0.4, 0.5) is 5.69 Å². The molecule has 2 N–H and O–H groups in total. The molecule has 156 valence electrons. The summed E-state index contributed by atoms with van der Waals surface area (Å²) in [5.41, 5.74) is 2.07. The van der Waals surface area contributed by atoms with Gasteiger partial charge < -0.3 is 15.2 Å². The molecular formula is C24H32N2O3. The average Bonchev–Trinajstić information content (AvgIpc) is 2.67. The van der Waals surface area contributed by atoms with E-state index in [1.54, 1.807) is 0 Å². The maximum absolute atomic E-state index is 12.0. The van der Waals surface area contributed by atoms with Crippen LogP contribution in [-0.4, -0.2) is 41.7 Å². The van der Waals surface area contributed by atoms with Gasteiger partial charge in [-0.2, -0.15) is 0 Å². The Labute approximate surface area is 173 Å². The number of amides is 1. The highest BCUT2D eigenvalue weighted by molar-refractivity contribution is 5.91. The summed E-state index contributed by atoms with van der Waals surface area (Å²) in [7, 11) is 0. The molecule has 0 aliphatic carbocycles. The second-order valence-electron chi connectivity index (χ2n) is 8.91. The van der Waals surface area contributed by atoms with Gasteiger partial charge >= 0.3 is 0 Å². The zero-order valence-corrected chi connectivity index (χ0v) is 17.6. The summed E-state index contributed by atoms with van der Waals surface area (Å²) in [6, 6.07) is 17.2. The molecule has 0 radical (unpaired) electrons. The first-order valence-electron chi connectivity index (χ1n) is 10.3. The van der Waals surface area contributed by atoms with Crippen LogP contribution >= 0.6 is 0 Å². The molecule has 2 atom stereocenters. The number of rotatable bonds is 6. The number of aliphatic hydroxyl groups is 1. The SMILES string of the molecule is CC(C)(C)[C@H]1CCN(Cc2ccc(OCC(=O)Nc3ccccc3)cc2)C[C@@H]1O. The Balaban J connectivity index is 1.45. The van der Waals surface area contributed by atoms with Crippen molar-refractivity contribution in [2.24, 2.45) is 11.3 Å². The summed E-state index contributed by atoms with van der Waals surface area (Å²) >= 11 is 0. The van der Waals surface area contributed by atoms with E-state index >= 15 is 0 Å². The quantitative estimate of drug-likeness (QED) is 0.777. The minimum atomic E-state index is -0.283. The number of piperidine rings is 1. The summed E-state index contributed by atoms with van der Waals surface area (Å²) in [5.74, 6) is 0.830. The van der Waals surface area contributed by atoms with Crippen LogP contribution < -0.4 is 10.1 Å². The van der Waals surface area contributed by atoms with E-state index in [0.29, 0.717) is 18.2 Å². The third kappa shape index (κ3) is 6.31. The molecule has 0 bridgehead atoms. The van der Waals surface area contributed by atoms with Gasteiger partial charge in [-0.25, -0.2) is 0 Å². The van der Waals surface area contributed by atoms with Crippen LogP contribution in [0.3, 0.4) is 0 Å². The van der Waals surface area contributed by atoms with Crippen molar-refractivity contribution in [1.29, 1.82) is 0 Å². The molecule has 1 fully saturated rings. The van der Waals surface area contributed by atoms with Crippen molar-refractivity contribution in [3.05, 3.63) is 60.2 Å². The van der Waals surface area contributed by atoms with Gasteiger partial charge in [0.15, 0.2) is 6.61 Å². The Kier molecular flexibility index (Phi) is 6.93. The van der Waals surface area contributed by atoms with Gasteiger partial charge in [0, 0.05) is 18.8 Å². The van der Waals surface area contributed by atoms with E-state index in [2.05, 4.69) is 31.0 Å². The molecule has 2 aromatic carbocycles. The number of ether oxygens (including phenoxy) is 1. The van der Waals surface area contributed by atoms with Gasteiger partial charge in [0.1, 0.15) is 5.75 Å². The Morgan fingerprint density at radius 1 is 1.14 bits per heavy atom. The van der Waals surface area contributed by atoms with Crippen molar-refractivity contribution in [1.82, 2.24) is 4.90 Å². The molecule has 0 aromatic heterocycles. The van der Waals surface area contributed by atoms with Crippen molar-refractivity contribution >= 4 is 11.6 Å². The van der Waals surface area contributed by atoms with Crippen molar-refractivity contribution in [3.8, 4) is 5.75 Å². The fraction of sp³-hybridized carbons (Fsp3) is 0.458. The maximum atomic E-state index is 12.0. The van der Waals surface area contributed by atoms with E-state index in [4.69, 9.17) is 4.74 Å². The molecule has 5 heteroatoms. The number of carbonyl (C=O) groups excluding carboxylic acids is 1. The molecule has 0 unspecified atom stereocenters. The fourth-order valence-corrected chi connectivity index (χ4v) is 3.97. The number of carbonyl (C=O) groups is 1. The fourth-order valence-electron chi connectivity index (χ4n) is 3.97. The van der Waals surface area contributed by atoms with Gasteiger partial charge in [-0.05, 0) is 54.1 Å². The molecule has 2 aromatic rings. The third-order valence-corrected chi connectivity index (χ3v) is 5.54. The lowest BCUT2D eigenvalue weighted by molar-refractivity contribution is -0.118. The number of likely N-dealkylation sites (tertiary alicyclic amines) is 1. The Morgan fingerprint density at radius 3 is 2.45 bits per heavy atom. The van der Waals surface area contributed by atoms with Crippen LogP contribution in [0.2, 0.25) is 0 Å². The van der Waals surface area contributed by atoms with Crippen LogP contribution in [0.5, 0.6) is 5.75 Å². The summed E-state index contributed by atoms with van der Waals surface area (Å²) in [5, 5.41) is 13.3. The number of aliphatic hydroxyl groups excluding tert-OH is 1. The first-order chi connectivity index (χ1) is 13.8. The van der Waals surface area contributed by atoms with E-state index in [-0.39, 0.29) is 24.0 Å². The van der Waals surface area contributed by atoms with E-state index < -0.39 is 0 Å².